The van der Waals surface area contributed by atoms with E-state index in [2.05, 4.69) is 37.1 Å². The van der Waals surface area contributed by atoms with E-state index in [1.807, 2.05) is 19.1 Å². The first-order valence-corrected chi connectivity index (χ1v) is 8.82. The van der Waals surface area contributed by atoms with Crippen molar-refractivity contribution in [2.45, 2.75) is 40.7 Å². The first kappa shape index (κ1) is 18.4. The fraction of sp³-hybridized carbons (Fsp3) is 0.632. The SMILES string of the molecule is CCNC(=NCc1ccc(OCC)c(OC)c1)N1CCC(C)(C)C1. The number of hydrogen-bond donors (Lipinski definition) is 1. The molecule has 134 valence electrons. The van der Waals surface area contributed by atoms with E-state index in [4.69, 9.17) is 14.5 Å². The second-order valence-corrected chi connectivity index (χ2v) is 6.92. The maximum atomic E-state index is 5.57. The van der Waals surface area contributed by atoms with E-state index in [1.165, 1.54) is 6.42 Å². The van der Waals surface area contributed by atoms with E-state index in [9.17, 15) is 0 Å². The lowest BCUT2D eigenvalue weighted by Gasteiger charge is -2.23. The Hall–Kier alpha value is -1.91. The highest BCUT2D eigenvalue weighted by molar-refractivity contribution is 5.80. The van der Waals surface area contributed by atoms with Crippen molar-refractivity contribution in [3.8, 4) is 11.5 Å². The molecule has 0 aromatic heterocycles. The van der Waals surface area contributed by atoms with Crippen molar-refractivity contribution in [2.75, 3.05) is 33.4 Å². The monoisotopic (exact) mass is 333 g/mol. The van der Waals surface area contributed by atoms with Crippen molar-refractivity contribution in [3.05, 3.63) is 23.8 Å². The highest BCUT2D eigenvalue weighted by Gasteiger charge is 2.30. The van der Waals surface area contributed by atoms with Crippen molar-refractivity contribution in [2.24, 2.45) is 10.4 Å². The van der Waals surface area contributed by atoms with Gasteiger partial charge in [-0.3, -0.25) is 0 Å². The van der Waals surface area contributed by atoms with Crippen LogP contribution in [0, 0.1) is 5.41 Å². The van der Waals surface area contributed by atoms with Crippen LogP contribution in [-0.4, -0.2) is 44.2 Å². The Morgan fingerprint density at radius 3 is 2.67 bits per heavy atom. The number of likely N-dealkylation sites (tertiary alicyclic amines) is 1. The van der Waals surface area contributed by atoms with Gasteiger partial charge in [-0.25, -0.2) is 4.99 Å². The molecule has 1 aliphatic rings. The number of nitrogens with zero attached hydrogens (tertiary/aromatic N) is 2. The van der Waals surface area contributed by atoms with Gasteiger partial charge in [-0.1, -0.05) is 19.9 Å². The zero-order chi connectivity index (χ0) is 17.6. The average molecular weight is 333 g/mol. The summed E-state index contributed by atoms with van der Waals surface area (Å²) >= 11 is 0. The maximum Gasteiger partial charge on any atom is 0.194 e. The van der Waals surface area contributed by atoms with Gasteiger partial charge in [0.05, 0.1) is 20.3 Å². The van der Waals surface area contributed by atoms with Crippen LogP contribution in [0.3, 0.4) is 0 Å². The lowest BCUT2D eigenvalue weighted by atomic mass is 9.93. The molecule has 1 aliphatic heterocycles. The summed E-state index contributed by atoms with van der Waals surface area (Å²) in [4.78, 5) is 7.17. The minimum absolute atomic E-state index is 0.360. The van der Waals surface area contributed by atoms with Gasteiger partial charge in [-0.2, -0.15) is 0 Å². The van der Waals surface area contributed by atoms with Gasteiger partial charge in [0, 0.05) is 19.6 Å². The van der Waals surface area contributed by atoms with Crippen LogP contribution in [-0.2, 0) is 6.54 Å². The number of ether oxygens (including phenoxy) is 2. The van der Waals surface area contributed by atoms with Crippen molar-refractivity contribution in [1.29, 1.82) is 0 Å². The topological polar surface area (TPSA) is 46.1 Å². The molecule has 0 spiro atoms. The Balaban J connectivity index is 2.11. The Morgan fingerprint density at radius 1 is 1.29 bits per heavy atom. The summed E-state index contributed by atoms with van der Waals surface area (Å²) in [5.74, 6) is 2.54. The van der Waals surface area contributed by atoms with Crippen LogP contribution in [0.4, 0.5) is 0 Å². The molecule has 0 radical (unpaired) electrons. The number of rotatable bonds is 6. The van der Waals surface area contributed by atoms with Crippen LogP contribution >= 0.6 is 0 Å². The molecule has 24 heavy (non-hydrogen) atoms. The third-order valence-electron chi connectivity index (χ3n) is 4.25. The average Bonchev–Trinajstić information content (AvgIpc) is 2.92. The first-order valence-electron chi connectivity index (χ1n) is 8.82. The number of aliphatic imine (C=N–C) groups is 1. The lowest BCUT2D eigenvalue weighted by Crippen LogP contribution is -2.40. The molecule has 1 aromatic rings. The van der Waals surface area contributed by atoms with Gasteiger partial charge in [0.15, 0.2) is 17.5 Å². The number of benzene rings is 1. The van der Waals surface area contributed by atoms with Crippen LogP contribution in [0.25, 0.3) is 0 Å². The normalized spacial score (nSPS) is 17.0. The van der Waals surface area contributed by atoms with Gasteiger partial charge < -0.3 is 19.7 Å². The minimum Gasteiger partial charge on any atom is -0.493 e. The fourth-order valence-corrected chi connectivity index (χ4v) is 2.97. The van der Waals surface area contributed by atoms with Gasteiger partial charge >= 0.3 is 0 Å². The summed E-state index contributed by atoms with van der Waals surface area (Å²) in [5.41, 5.74) is 1.47. The molecule has 0 unspecified atom stereocenters. The van der Waals surface area contributed by atoms with Gasteiger partial charge in [-0.15, -0.1) is 0 Å². The summed E-state index contributed by atoms with van der Waals surface area (Å²) in [6.07, 6.45) is 1.20. The predicted molar refractivity (Wildman–Crippen MR) is 98.9 cm³/mol. The fourth-order valence-electron chi connectivity index (χ4n) is 2.97. The standard InChI is InChI=1S/C19H31N3O2/c1-6-20-18(22-11-10-19(3,4)14-22)21-13-15-8-9-16(24-7-2)17(12-15)23-5/h8-9,12H,6-7,10-11,13-14H2,1-5H3,(H,20,21). The summed E-state index contributed by atoms with van der Waals surface area (Å²) < 4.78 is 11.0. The molecular weight excluding hydrogens is 302 g/mol. The molecule has 1 heterocycles. The highest BCUT2D eigenvalue weighted by atomic mass is 16.5. The minimum atomic E-state index is 0.360. The largest absolute Gasteiger partial charge is 0.493 e. The molecule has 5 nitrogen and oxygen atoms in total. The van der Waals surface area contributed by atoms with Gasteiger partial charge in [0.25, 0.3) is 0 Å². The Labute approximate surface area is 146 Å². The number of nitrogens with one attached hydrogen (secondary N) is 1. The molecule has 0 bridgehead atoms. The van der Waals surface area contributed by atoms with Crippen molar-refractivity contribution >= 4 is 5.96 Å². The van der Waals surface area contributed by atoms with Crippen LogP contribution in [0.15, 0.2) is 23.2 Å². The number of methoxy groups -OCH3 is 1. The molecule has 0 atom stereocenters. The van der Waals surface area contributed by atoms with E-state index in [0.717, 1.165) is 42.7 Å². The van der Waals surface area contributed by atoms with Gasteiger partial charge in [0.1, 0.15) is 0 Å². The van der Waals surface area contributed by atoms with Gasteiger partial charge in [0.2, 0.25) is 0 Å². The molecule has 0 saturated carbocycles. The zero-order valence-electron chi connectivity index (χ0n) is 15.7. The van der Waals surface area contributed by atoms with Crippen molar-refractivity contribution < 1.29 is 9.47 Å². The quantitative estimate of drug-likeness (QED) is 0.641. The third kappa shape index (κ3) is 4.79. The van der Waals surface area contributed by atoms with E-state index in [1.54, 1.807) is 7.11 Å². The van der Waals surface area contributed by atoms with Crippen LogP contribution in [0.2, 0.25) is 0 Å². The summed E-state index contributed by atoms with van der Waals surface area (Å²) in [7, 11) is 1.67. The van der Waals surface area contributed by atoms with Crippen molar-refractivity contribution in [1.82, 2.24) is 10.2 Å². The molecule has 1 fully saturated rings. The number of hydrogen-bond acceptors (Lipinski definition) is 3. The Morgan fingerprint density at radius 2 is 2.08 bits per heavy atom. The van der Waals surface area contributed by atoms with Crippen LogP contribution in [0.5, 0.6) is 11.5 Å². The van der Waals surface area contributed by atoms with E-state index in [-0.39, 0.29) is 0 Å². The molecule has 1 saturated heterocycles. The second kappa shape index (κ2) is 8.27. The molecule has 1 aromatic carbocycles. The smallest absolute Gasteiger partial charge is 0.194 e. The molecule has 0 amide bonds. The summed E-state index contributed by atoms with van der Waals surface area (Å²) in [6, 6.07) is 6.01. The predicted octanol–water partition coefficient (Wildman–Crippen LogP) is 3.29. The summed E-state index contributed by atoms with van der Waals surface area (Å²) in [6.45, 7) is 12.9. The van der Waals surface area contributed by atoms with E-state index in [0.29, 0.717) is 18.6 Å². The summed E-state index contributed by atoms with van der Waals surface area (Å²) in [5, 5.41) is 3.41. The highest BCUT2D eigenvalue weighted by Crippen LogP contribution is 2.30. The first-order chi connectivity index (χ1) is 11.5. The van der Waals surface area contributed by atoms with Gasteiger partial charge in [-0.05, 0) is 43.4 Å². The molecule has 2 rings (SSSR count). The lowest BCUT2D eigenvalue weighted by molar-refractivity contribution is 0.310. The van der Waals surface area contributed by atoms with Crippen LogP contribution in [0.1, 0.15) is 39.7 Å². The second-order valence-electron chi connectivity index (χ2n) is 6.92. The zero-order valence-corrected chi connectivity index (χ0v) is 15.7. The van der Waals surface area contributed by atoms with Crippen molar-refractivity contribution in [3.63, 3.8) is 0 Å². The Kier molecular flexibility index (Phi) is 6.35. The maximum absolute atomic E-state index is 5.57. The molecule has 1 N–H and O–H groups in total. The van der Waals surface area contributed by atoms with Crippen LogP contribution < -0.4 is 14.8 Å². The number of guanidine groups is 1. The molecule has 0 aliphatic carbocycles. The third-order valence-corrected chi connectivity index (χ3v) is 4.25. The Bertz CT molecular complexity index is 570. The molecule has 5 heteroatoms. The van der Waals surface area contributed by atoms with E-state index >= 15 is 0 Å². The molecular formula is C19H31N3O2. The van der Waals surface area contributed by atoms with E-state index < -0.39 is 0 Å².